The summed E-state index contributed by atoms with van der Waals surface area (Å²) in [6, 6.07) is 29.5. The topological polar surface area (TPSA) is 72.0 Å². The van der Waals surface area contributed by atoms with E-state index in [4.69, 9.17) is 16.3 Å². The largest absolute Gasteiger partial charge is 0.462 e. The summed E-state index contributed by atoms with van der Waals surface area (Å²) in [5.74, 6) is -0.745. The molecule has 0 fully saturated rings. The van der Waals surface area contributed by atoms with Crippen LogP contribution >= 0.6 is 22.9 Å². The molecule has 0 aliphatic heterocycles. The van der Waals surface area contributed by atoms with Crippen LogP contribution in [0, 0.1) is 0 Å². The van der Waals surface area contributed by atoms with Crippen molar-refractivity contribution in [2.75, 3.05) is 18.5 Å². The summed E-state index contributed by atoms with van der Waals surface area (Å²) >= 11 is 7.72. The Labute approximate surface area is 213 Å². The van der Waals surface area contributed by atoms with Gasteiger partial charge in [-0.05, 0) is 12.5 Å². The summed E-state index contributed by atoms with van der Waals surface area (Å²) in [6.07, 6.45) is 0. The van der Waals surface area contributed by atoms with Gasteiger partial charge in [-0.3, -0.25) is 4.79 Å². The first-order valence-corrected chi connectivity index (χ1v) is 12.6. The molecule has 1 amide bonds. The summed E-state index contributed by atoms with van der Waals surface area (Å²) in [7, 11) is 0. The Morgan fingerprint density at radius 2 is 1.46 bits per heavy atom. The highest BCUT2D eigenvalue weighted by molar-refractivity contribution is 7.21. The van der Waals surface area contributed by atoms with E-state index in [9.17, 15) is 9.59 Å². The van der Waals surface area contributed by atoms with Crippen LogP contribution in [0.5, 0.6) is 0 Å². The van der Waals surface area contributed by atoms with Crippen LogP contribution in [0.4, 0.5) is 5.00 Å². The lowest BCUT2D eigenvalue weighted by molar-refractivity contribution is -0.676. The molecule has 5 nitrogen and oxygen atoms in total. The average molecular weight is 506 g/mol. The minimum Gasteiger partial charge on any atom is -0.462 e. The maximum Gasteiger partial charge on any atom is 0.341 e. The van der Waals surface area contributed by atoms with Gasteiger partial charge in [-0.2, -0.15) is 0 Å². The van der Waals surface area contributed by atoms with Gasteiger partial charge in [0.25, 0.3) is 5.91 Å². The van der Waals surface area contributed by atoms with Crippen molar-refractivity contribution in [3.63, 3.8) is 0 Å². The lowest BCUT2D eigenvalue weighted by Crippen LogP contribution is -2.87. The Balaban J connectivity index is 1.57. The van der Waals surface area contributed by atoms with Gasteiger partial charge in [-0.25, -0.2) is 4.79 Å². The van der Waals surface area contributed by atoms with Gasteiger partial charge in [-0.1, -0.05) is 103 Å². The highest BCUT2D eigenvalue weighted by Gasteiger charge is 2.27. The van der Waals surface area contributed by atoms with Crippen molar-refractivity contribution in [1.82, 2.24) is 0 Å². The van der Waals surface area contributed by atoms with E-state index in [-0.39, 0.29) is 30.7 Å². The average Bonchev–Trinajstić information content (AvgIpc) is 3.21. The third kappa shape index (κ3) is 5.98. The Morgan fingerprint density at radius 1 is 0.914 bits per heavy atom. The third-order valence-electron chi connectivity index (χ3n) is 5.52. The van der Waals surface area contributed by atoms with Gasteiger partial charge in [0.15, 0.2) is 6.54 Å². The molecule has 4 rings (SSSR count). The second-order valence-corrected chi connectivity index (χ2v) is 9.45. The van der Waals surface area contributed by atoms with Crippen LogP contribution in [-0.2, 0) is 9.53 Å². The first-order chi connectivity index (χ1) is 17.1. The maximum absolute atomic E-state index is 13.0. The highest BCUT2D eigenvalue weighted by Crippen LogP contribution is 2.43. The van der Waals surface area contributed by atoms with E-state index in [2.05, 4.69) is 29.6 Å². The van der Waals surface area contributed by atoms with Crippen LogP contribution in [-0.4, -0.2) is 25.0 Å². The summed E-state index contributed by atoms with van der Waals surface area (Å²) in [6.45, 7) is 2.12. The first kappa shape index (κ1) is 24.7. The van der Waals surface area contributed by atoms with Crippen LogP contribution < -0.4 is 10.6 Å². The lowest BCUT2D eigenvalue weighted by Gasteiger charge is -2.16. The van der Waals surface area contributed by atoms with Crippen LogP contribution in [0.1, 0.15) is 34.5 Å². The molecule has 0 spiro atoms. The zero-order valence-electron chi connectivity index (χ0n) is 19.2. The van der Waals surface area contributed by atoms with Crippen molar-refractivity contribution in [1.29, 1.82) is 0 Å². The molecule has 178 valence electrons. The zero-order valence-corrected chi connectivity index (χ0v) is 20.8. The molecule has 0 saturated heterocycles. The van der Waals surface area contributed by atoms with Crippen LogP contribution in [0.15, 0.2) is 91.0 Å². The van der Waals surface area contributed by atoms with Crippen molar-refractivity contribution in [3.05, 3.63) is 112 Å². The number of halogens is 1. The second kappa shape index (κ2) is 11.8. The van der Waals surface area contributed by atoms with Crippen molar-refractivity contribution >= 4 is 39.8 Å². The maximum atomic E-state index is 13.0. The molecule has 1 aromatic heterocycles. The van der Waals surface area contributed by atoms with Crippen LogP contribution in [0.25, 0.3) is 11.1 Å². The zero-order chi connectivity index (χ0) is 24.6. The molecule has 3 N–H and O–H groups in total. The monoisotopic (exact) mass is 505 g/mol. The summed E-state index contributed by atoms with van der Waals surface area (Å²) < 4.78 is 5.71. The Morgan fingerprint density at radius 3 is 2.00 bits per heavy atom. The summed E-state index contributed by atoms with van der Waals surface area (Å²) in [5.41, 5.74) is 3.84. The van der Waals surface area contributed by atoms with E-state index in [1.54, 1.807) is 6.92 Å². The summed E-state index contributed by atoms with van der Waals surface area (Å²) in [4.78, 5) is 25.9. The normalized spacial score (nSPS) is 10.8. The fourth-order valence-corrected chi connectivity index (χ4v) is 5.33. The number of quaternary nitrogens is 1. The van der Waals surface area contributed by atoms with Gasteiger partial charge < -0.3 is 15.4 Å². The molecule has 4 aromatic rings. The van der Waals surface area contributed by atoms with Crippen LogP contribution in [0.3, 0.4) is 0 Å². The third-order valence-corrected chi connectivity index (χ3v) is 6.83. The number of rotatable bonds is 9. The number of ether oxygens (including phenoxy) is 1. The molecule has 0 saturated carbocycles. The number of esters is 1. The van der Waals surface area contributed by atoms with Crippen molar-refractivity contribution in [3.8, 4) is 11.1 Å². The fraction of sp³-hybridized carbons (Fsp3) is 0.143. The predicted molar refractivity (Wildman–Crippen MR) is 141 cm³/mol. The second-order valence-electron chi connectivity index (χ2n) is 7.83. The minimum absolute atomic E-state index is 0.0421. The van der Waals surface area contributed by atoms with E-state index in [1.165, 1.54) is 0 Å². The molecule has 0 aliphatic rings. The minimum atomic E-state index is -0.514. The first-order valence-electron chi connectivity index (χ1n) is 11.4. The Bertz CT molecular complexity index is 1240. The molecule has 35 heavy (non-hydrogen) atoms. The molecule has 7 heteroatoms. The van der Waals surface area contributed by atoms with Crippen molar-refractivity contribution < 1.29 is 19.6 Å². The van der Waals surface area contributed by atoms with E-state index >= 15 is 0 Å². The number of benzene rings is 3. The molecular weight excluding hydrogens is 480 g/mol. The van der Waals surface area contributed by atoms with E-state index in [1.807, 2.05) is 72.0 Å². The number of amides is 1. The number of nitrogens with one attached hydrogen (secondary N) is 1. The SMILES string of the molecule is CCOC(=O)c1c(NC(=O)C[NH2+]C(c2ccccc2)c2ccccc2)sc(Cl)c1-c1ccccc1. The number of hydrogen-bond donors (Lipinski definition) is 2. The number of anilines is 1. The fourth-order valence-electron chi connectivity index (χ4n) is 3.94. The van der Waals surface area contributed by atoms with Crippen LogP contribution in [0.2, 0.25) is 4.34 Å². The van der Waals surface area contributed by atoms with Gasteiger partial charge in [-0.15, -0.1) is 11.3 Å². The standard InChI is InChI=1S/C28H25ClN2O3S/c1-2-34-28(33)24-23(19-12-6-3-7-13-19)26(29)35-27(24)31-22(32)18-30-25(20-14-8-4-9-15-20)21-16-10-5-11-17-21/h3-17,25,30H,2,18H2,1H3,(H,31,32)/p+1. The summed E-state index contributed by atoms with van der Waals surface area (Å²) in [5, 5.41) is 5.28. The van der Waals surface area contributed by atoms with Gasteiger partial charge >= 0.3 is 5.97 Å². The van der Waals surface area contributed by atoms with Gasteiger partial charge in [0.1, 0.15) is 20.9 Å². The smallest absolute Gasteiger partial charge is 0.341 e. The number of thiophene rings is 1. The number of nitrogens with two attached hydrogens (primary N) is 1. The molecule has 0 aliphatic carbocycles. The van der Waals surface area contributed by atoms with E-state index in [0.29, 0.717) is 14.9 Å². The quantitative estimate of drug-likeness (QED) is 0.293. The van der Waals surface area contributed by atoms with Crippen molar-refractivity contribution in [2.45, 2.75) is 13.0 Å². The molecule has 3 aromatic carbocycles. The number of hydrogen-bond acceptors (Lipinski definition) is 4. The van der Waals surface area contributed by atoms with Gasteiger partial charge in [0.2, 0.25) is 0 Å². The molecular formula is C28H26ClN2O3S+. The molecule has 0 radical (unpaired) electrons. The number of carbonyl (C=O) groups is 2. The molecule has 0 unspecified atom stereocenters. The van der Waals surface area contributed by atoms with Gasteiger partial charge in [0, 0.05) is 16.7 Å². The number of carbonyl (C=O) groups excluding carboxylic acids is 2. The highest BCUT2D eigenvalue weighted by atomic mass is 35.5. The Kier molecular flexibility index (Phi) is 8.32. The molecule has 0 bridgehead atoms. The van der Waals surface area contributed by atoms with Gasteiger partial charge in [0.05, 0.1) is 6.61 Å². The predicted octanol–water partition coefficient (Wildman–Crippen LogP) is 5.54. The Hall–Kier alpha value is -3.45. The molecule has 1 heterocycles. The van der Waals surface area contributed by atoms with Crippen molar-refractivity contribution in [2.24, 2.45) is 0 Å². The van der Waals surface area contributed by atoms with E-state index in [0.717, 1.165) is 28.0 Å². The van der Waals surface area contributed by atoms with E-state index < -0.39 is 5.97 Å². The molecule has 0 atom stereocenters. The lowest BCUT2D eigenvalue weighted by atomic mass is 9.99.